The van der Waals surface area contributed by atoms with Crippen LogP contribution in [0.3, 0.4) is 0 Å². The van der Waals surface area contributed by atoms with Crippen LogP contribution in [-0.2, 0) is 0 Å². The van der Waals surface area contributed by atoms with Crippen molar-refractivity contribution in [2.75, 3.05) is 23.7 Å². The van der Waals surface area contributed by atoms with Crippen LogP contribution in [0.1, 0.15) is 47.3 Å². The second-order valence-corrected chi connectivity index (χ2v) is 11.3. The van der Waals surface area contributed by atoms with Gasteiger partial charge < -0.3 is 16.0 Å². The van der Waals surface area contributed by atoms with E-state index in [1.54, 1.807) is 18.2 Å². The van der Waals surface area contributed by atoms with Crippen molar-refractivity contribution in [3.8, 4) is 6.07 Å². The Hall–Kier alpha value is -4.30. The average Bonchev–Trinajstić information content (AvgIpc) is 3.49. The van der Waals surface area contributed by atoms with Crippen molar-refractivity contribution >= 4 is 51.2 Å². The lowest BCUT2D eigenvalue weighted by Crippen LogP contribution is -2.29. The van der Waals surface area contributed by atoms with Gasteiger partial charge in [-0.15, -0.1) is 5.10 Å². The summed E-state index contributed by atoms with van der Waals surface area (Å²) in [6, 6.07) is 14.1. The Labute approximate surface area is 256 Å². The van der Waals surface area contributed by atoms with Crippen molar-refractivity contribution in [2.45, 2.75) is 31.8 Å². The fraction of sp³-hybridized carbons (Fsp3) is 0.226. The molecule has 1 aliphatic rings. The topological polar surface area (TPSA) is 103 Å². The molecule has 3 N–H and O–H groups in total. The monoisotopic (exact) mass is 618 g/mol. The maximum Gasteiger partial charge on any atom is 0.141 e. The molecule has 0 bridgehead atoms. The number of fused-ring (bicyclic) bond motifs is 1. The third-order valence-corrected chi connectivity index (χ3v) is 8.10. The van der Waals surface area contributed by atoms with Crippen LogP contribution in [0.2, 0.25) is 10.0 Å². The normalized spacial score (nSPS) is 14.4. The molecule has 12 heteroatoms. The Kier molecular flexibility index (Phi) is 8.13. The Morgan fingerprint density at radius 2 is 1.91 bits per heavy atom. The molecule has 3 heterocycles. The highest BCUT2D eigenvalue weighted by molar-refractivity contribution is 6.32. The molecule has 8 nitrogen and oxygen atoms in total. The molecule has 1 unspecified atom stereocenters. The van der Waals surface area contributed by atoms with Gasteiger partial charge in [-0.1, -0.05) is 34.5 Å². The highest BCUT2D eigenvalue weighted by atomic mass is 35.5. The Morgan fingerprint density at radius 1 is 1.09 bits per heavy atom. The van der Waals surface area contributed by atoms with Gasteiger partial charge in [-0.3, -0.25) is 4.98 Å². The Balaban J connectivity index is 1.45. The van der Waals surface area contributed by atoms with E-state index in [-0.39, 0.29) is 22.4 Å². The van der Waals surface area contributed by atoms with E-state index >= 15 is 0 Å². The van der Waals surface area contributed by atoms with E-state index < -0.39 is 11.9 Å². The summed E-state index contributed by atoms with van der Waals surface area (Å²) in [6.07, 6.45) is 5.27. The minimum Gasteiger partial charge on any atom is -0.371 e. The van der Waals surface area contributed by atoms with E-state index in [9.17, 15) is 14.0 Å². The van der Waals surface area contributed by atoms with Gasteiger partial charge in [0, 0.05) is 22.3 Å². The van der Waals surface area contributed by atoms with Crippen LogP contribution in [0.5, 0.6) is 0 Å². The summed E-state index contributed by atoms with van der Waals surface area (Å²) in [5.41, 5.74) is 4.46. The molecule has 5 aromatic rings. The zero-order chi connectivity index (χ0) is 30.1. The first kappa shape index (κ1) is 28.8. The second kappa shape index (κ2) is 12.1. The first-order valence-electron chi connectivity index (χ1n) is 13.7. The van der Waals surface area contributed by atoms with Gasteiger partial charge in [0.25, 0.3) is 0 Å². The first-order chi connectivity index (χ1) is 20.8. The van der Waals surface area contributed by atoms with Gasteiger partial charge in [0.2, 0.25) is 0 Å². The SMILES string of the molecule is Cc1cc(F)ccc1C(Nc1cc(Cl)cc2c(Nc3ccc(F)c(Cl)c3)c(C#N)cnc12)c1cn(C2CCNCC2)nn1. The number of halogens is 4. The lowest BCUT2D eigenvalue weighted by Gasteiger charge is -2.23. The van der Waals surface area contributed by atoms with Crippen LogP contribution in [0, 0.1) is 29.9 Å². The van der Waals surface area contributed by atoms with E-state index in [1.807, 2.05) is 17.8 Å². The second-order valence-electron chi connectivity index (χ2n) is 10.4. The third-order valence-electron chi connectivity index (χ3n) is 7.59. The van der Waals surface area contributed by atoms with E-state index in [0.717, 1.165) is 37.1 Å². The molecule has 218 valence electrons. The van der Waals surface area contributed by atoms with Crippen molar-refractivity contribution in [2.24, 2.45) is 0 Å². The largest absolute Gasteiger partial charge is 0.371 e. The molecule has 43 heavy (non-hydrogen) atoms. The summed E-state index contributed by atoms with van der Waals surface area (Å²) in [6.45, 7) is 3.65. The molecule has 0 saturated carbocycles. The summed E-state index contributed by atoms with van der Waals surface area (Å²) in [4.78, 5) is 4.60. The lowest BCUT2D eigenvalue weighted by atomic mass is 9.98. The molecule has 0 radical (unpaired) electrons. The molecule has 3 aromatic carbocycles. The summed E-state index contributed by atoms with van der Waals surface area (Å²) in [5.74, 6) is -0.894. The standard InChI is InChI=1S/C31H26Cl2F2N8/c1-17-10-20(34)2-4-23(17)31(28-16-43(42-41-28)22-6-8-37-9-7-22)40-27-12-19(32)11-24-29(18(14-36)15-38-30(24)27)39-21-3-5-26(35)25(33)13-21/h2-5,10-13,15-16,22,31,37,40H,6-9H2,1H3,(H,38,39). The smallest absolute Gasteiger partial charge is 0.141 e. The number of anilines is 3. The van der Waals surface area contributed by atoms with Crippen molar-refractivity contribution in [1.29, 1.82) is 5.26 Å². The number of nitriles is 1. The van der Waals surface area contributed by atoms with Crippen LogP contribution >= 0.6 is 23.2 Å². The van der Waals surface area contributed by atoms with E-state index in [2.05, 4.69) is 37.3 Å². The van der Waals surface area contributed by atoms with Crippen LogP contribution < -0.4 is 16.0 Å². The third kappa shape index (κ3) is 5.97. The van der Waals surface area contributed by atoms with Gasteiger partial charge in [0.15, 0.2) is 0 Å². The number of piperidine rings is 1. The number of hydrogen-bond acceptors (Lipinski definition) is 7. The predicted octanol–water partition coefficient (Wildman–Crippen LogP) is 7.46. The zero-order valence-electron chi connectivity index (χ0n) is 23.0. The molecule has 6 rings (SSSR count). The van der Waals surface area contributed by atoms with Gasteiger partial charge >= 0.3 is 0 Å². The van der Waals surface area contributed by atoms with Gasteiger partial charge in [-0.2, -0.15) is 5.26 Å². The van der Waals surface area contributed by atoms with E-state index in [4.69, 9.17) is 23.2 Å². The number of hydrogen-bond donors (Lipinski definition) is 3. The van der Waals surface area contributed by atoms with Crippen LogP contribution in [0.15, 0.2) is 60.9 Å². The molecular weight excluding hydrogens is 593 g/mol. The quantitative estimate of drug-likeness (QED) is 0.174. The fourth-order valence-corrected chi connectivity index (χ4v) is 5.82. The minimum atomic E-state index is -0.555. The zero-order valence-corrected chi connectivity index (χ0v) is 24.5. The maximum absolute atomic E-state index is 14.1. The minimum absolute atomic E-state index is 0.0581. The fourth-order valence-electron chi connectivity index (χ4n) is 5.42. The maximum atomic E-state index is 14.1. The predicted molar refractivity (Wildman–Crippen MR) is 164 cm³/mol. The number of aryl methyl sites for hydroxylation is 1. The summed E-state index contributed by atoms with van der Waals surface area (Å²) in [7, 11) is 0. The van der Waals surface area contributed by atoms with E-state index in [1.165, 1.54) is 36.5 Å². The Morgan fingerprint density at radius 3 is 2.65 bits per heavy atom. The molecule has 2 aromatic heterocycles. The number of rotatable bonds is 7. The highest BCUT2D eigenvalue weighted by Crippen LogP contribution is 2.38. The molecule has 1 saturated heterocycles. The van der Waals surface area contributed by atoms with Crippen LogP contribution in [0.4, 0.5) is 25.8 Å². The van der Waals surface area contributed by atoms with Gasteiger partial charge in [0.05, 0.1) is 45.8 Å². The Bertz CT molecular complexity index is 1860. The molecule has 0 spiro atoms. The number of nitrogens with one attached hydrogen (secondary N) is 3. The molecule has 1 aliphatic heterocycles. The molecule has 1 atom stereocenters. The van der Waals surface area contributed by atoms with Crippen molar-refractivity contribution in [1.82, 2.24) is 25.3 Å². The van der Waals surface area contributed by atoms with E-state index in [0.29, 0.717) is 38.7 Å². The van der Waals surface area contributed by atoms with Crippen LogP contribution in [0.25, 0.3) is 10.9 Å². The molecule has 1 fully saturated rings. The van der Waals surface area contributed by atoms with Crippen molar-refractivity contribution in [3.63, 3.8) is 0 Å². The lowest BCUT2D eigenvalue weighted by molar-refractivity contribution is 0.337. The number of nitrogens with zero attached hydrogens (tertiary/aromatic N) is 5. The number of benzene rings is 3. The molecule has 0 aliphatic carbocycles. The number of pyridine rings is 1. The van der Waals surface area contributed by atoms with Gasteiger partial charge in [-0.05, 0) is 86.4 Å². The van der Waals surface area contributed by atoms with Crippen molar-refractivity contribution in [3.05, 3.63) is 105 Å². The molecular formula is C31H26Cl2F2N8. The summed E-state index contributed by atoms with van der Waals surface area (Å²) >= 11 is 12.6. The number of aromatic nitrogens is 4. The summed E-state index contributed by atoms with van der Waals surface area (Å²) < 4.78 is 29.9. The van der Waals surface area contributed by atoms with Crippen molar-refractivity contribution < 1.29 is 8.78 Å². The first-order valence-corrected chi connectivity index (χ1v) is 14.5. The van der Waals surface area contributed by atoms with Gasteiger partial charge in [-0.25, -0.2) is 13.5 Å². The average molecular weight is 620 g/mol. The van der Waals surface area contributed by atoms with Gasteiger partial charge in [0.1, 0.15) is 23.4 Å². The van der Waals surface area contributed by atoms with Crippen LogP contribution in [-0.4, -0.2) is 33.1 Å². The molecule has 0 amide bonds. The summed E-state index contributed by atoms with van der Waals surface area (Å²) in [5, 5.41) is 29.8. The highest BCUT2D eigenvalue weighted by Gasteiger charge is 2.25.